The van der Waals surface area contributed by atoms with Gasteiger partial charge in [0.2, 0.25) is 5.88 Å². The van der Waals surface area contributed by atoms with Crippen LogP contribution < -0.4 is 15.4 Å². The molecule has 138 valence electrons. The Morgan fingerprint density at radius 2 is 2.04 bits per heavy atom. The number of rotatable bonds is 2. The first kappa shape index (κ1) is 16.2. The van der Waals surface area contributed by atoms with Crippen LogP contribution in [0.25, 0.3) is 16.7 Å². The number of nitrogen functional groups attached to an aromatic ring is 1. The summed E-state index contributed by atoms with van der Waals surface area (Å²) in [5.41, 5.74) is 7.81. The quantitative estimate of drug-likeness (QED) is 0.570. The summed E-state index contributed by atoms with van der Waals surface area (Å²) in [6.07, 6.45) is 8.19. The van der Waals surface area contributed by atoms with E-state index in [1.807, 2.05) is 35.0 Å². The molecule has 0 bridgehead atoms. The molecule has 0 aliphatic carbocycles. The normalized spacial score (nSPS) is 13.9. The Morgan fingerprint density at radius 1 is 1.11 bits per heavy atom. The minimum Gasteiger partial charge on any atom is -0.475 e. The molecule has 0 atom stereocenters. The third-order valence-corrected chi connectivity index (χ3v) is 4.64. The van der Waals surface area contributed by atoms with Gasteiger partial charge < -0.3 is 15.4 Å². The number of nitrogens with zero attached hydrogens (tertiary/aromatic N) is 6. The molecular weight excluding hydrogens is 358 g/mol. The average Bonchev–Trinajstić information content (AvgIpc) is 3.06. The second-order valence-electron chi connectivity index (χ2n) is 6.24. The standard InChI is InChI=1S/C19H15N7O2/c20-17-16-18(24-11-23-17)28-8-7-25(19(16)27)13-1-2-14-12(9-13)3-6-26(14)15-10-21-4-5-22-15/h1-6,9-11H,7-8H2,(H2,20,23,24). The molecule has 0 radical (unpaired) electrons. The molecule has 0 fully saturated rings. The van der Waals surface area contributed by atoms with Crippen LogP contribution in [-0.2, 0) is 0 Å². The van der Waals surface area contributed by atoms with E-state index in [-0.39, 0.29) is 23.2 Å². The average molecular weight is 373 g/mol. The number of carbonyl (C=O) groups is 1. The van der Waals surface area contributed by atoms with Gasteiger partial charge in [-0.05, 0) is 24.3 Å². The molecule has 4 aromatic rings. The van der Waals surface area contributed by atoms with Crippen LogP contribution in [-0.4, -0.2) is 43.6 Å². The Balaban J connectivity index is 1.56. The van der Waals surface area contributed by atoms with Gasteiger partial charge in [0.05, 0.1) is 18.3 Å². The Bertz CT molecular complexity index is 1190. The van der Waals surface area contributed by atoms with Crippen molar-refractivity contribution in [2.75, 3.05) is 23.8 Å². The fourth-order valence-electron chi connectivity index (χ4n) is 3.32. The number of benzene rings is 1. The summed E-state index contributed by atoms with van der Waals surface area (Å²) in [6.45, 7) is 0.693. The van der Waals surface area contributed by atoms with Gasteiger partial charge in [0, 0.05) is 29.7 Å². The summed E-state index contributed by atoms with van der Waals surface area (Å²) in [5, 5.41) is 0.971. The van der Waals surface area contributed by atoms with Crippen molar-refractivity contribution < 1.29 is 9.53 Å². The molecule has 9 nitrogen and oxygen atoms in total. The predicted octanol–water partition coefficient (Wildman–Crippen LogP) is 1.83. The molecule has 28 heavy (non-hydrogen) atoms. The number of carbonyl (C=O) groups excluding carboxylic acids is 1. The summed E-state index contributed by atoms with van der Waals surface area (Å²) >= 11 is 0. The van der Waals surface area contributed by atoms with Crippen molar-refractivity contribution in [2.24, 2.45) is 0 Å². The zero-order chi connectivity index (χ0) is 19.1. The van der Waals surface area contributed by atoms with Gasteiger partial charge in [-0.3, -0.25) is 14.3 Å². The molecule has 0 spiro atoms. The molecule has 4 heterocycles. The maximum atomic E-state index is 13.1. The largest absolute Gasteiger partial charge is 0.475 e. The minimum absolute atomic E-state index is 0.108. The van der Waals surface area contributed by atoms with E-state index in [1.54, 1.807) is 23.5 Å². The van der Waals surface area contributed by atoms with E-state index in [0.29, 0.717) is 13.2 Å². The highest BCUT2D eigenvalue weighted by Crippen LogP contribution is 2.30. The summed E-state index contributed by atoms with van der Waals surface area (Å²) in [4.78, 5) is 31.1. The topological polar surface area (TPSA) is 112 Å². The van der Waals surface area contributed by atoms with E-state index in [2.05, 4.69) is 19.9 Å². The summed E-state index contributed by atoms with van der Waals surface area (Å²) in [6, 6.07) is 7.75. The monoisotopic (exact) mass is 373 g/mol. The number of hydrogen-bond acceptors (Lipinski definition) is 7. The van der Waals surface area contributed by atoms with Crippen molar-refractivity contribution in [1.82, 2.24) is 24.5 Å². The number of fused-ring (bicyclic) bond motifs is 2. The van der Waals surface area contributed by atoms with E-state index in [9.17, 15) is 4.79 Å². The van der Waals surface area contributed by atoms with Crippen molar-refractivity contribution in [3.05, 3.63) is 60.9 Å². The van der Waals surface area contributed by atoms with Crippen LogP contribution in [0.2, 0.25) is 0 Å². The lowest BCUT2D eigenvalue weighted by molar-refractivity contribution is 0.0990. The Morgan fingerprint density at radius 3 is 2.89 bits per heavy atom. The molecule has 1 aliphatic rings. The van der Waals surface area contributed by atoms with E-state index in [0.717, 1.165) is 22.4 Å². The molecule has 3 aromatic heterocycles. The molecule has 0 saturated carbocycles. The van der Waals surface area contributed by atoms with Gasteiger partial charge in [-0.1, -0.05) is 0 Å². The second kappa shape index (κ2) is 6.31. The van der Waals surface area contributed by atoms with Gasteiger partial charge in [-0.15, -0.1) is 0 Å². The number of anilines is 2. The lowest BCUT2D eigenvalue weighted by atomic mass is 10.2. The zero-order valence-corrected chi connectivity index (χ0v) is 14.7. The number of aromatic nitrogens is 5. The Kier molecular flexibility index (Phi) is 3.64. The van der Waals surface area contributed by atoms with Gasteiger partial charge in [-0.2, -0.15) is 0 Å². The third-order valence-electron chi connectivity index (χ3n) is 4.64. The zero-order valence-electron chi connectivity index (χ0n) is 14.7. The molecule has 1 amide bonds. The third kappa shape index (κ3) is 2.52. The van der Waals surface area contributed by atoms with Crippen molar-refractivity contribution in [1.29, 1.82) is 0 Å². The van der Waals surface area contributed by atoms with E-state index in [1.165, 1.54) is 6.33 Å². The van der Waals surface area contributed by atoms with Gasteiger partial charge in [0.1, 0.15) is 24.3 Å². The van der Waals surface area contributed by atoms with Gasteiger partial charge in [0.25, 0.3) is 5.91 Å². The van der Waals surface area contributed by atoms with Crippen LogP contribution in [0.3, 0.4) is 0 Å². The Labute approximate surface area is 159 Å². The van der Waals surface area contributed by atoms with Crippen molar-refractivity contribution in [3.63, 3.8) is 0 Å². The SMILES string of the molecule is Nc1ncnc2c1C(=O)N(c1ccc3c(ccn3-c3cnccn3)c1)CCO2. The number of amides is 1. The van der Waals surface area contributed by atoms with Crippen molar-refractivity contribution in [3.8, 4) is 11.7 Å². The van der Waals surface area contributed by atoms with Crippen molar-refractivity contribution >= 4 is 28.3 Å². The Hall–Kier alpha value is -4.01. The smallest absolute Gasteiger partial charge is 0.267 e. The van der Waals surface area contributed by atoms with E-state index < -0.39 is 0 Å². The first-order valence-corrected chi connectivity index (χ1v) is 8.65. The van der Waals surface area contributed by atoms with Crippen LogP contribution in [0.15, 0.2) is 55.4 Å². The molecular formula is C19H15N7O2. The van der Waals surface area contributed by atoms with Crippen LogP contribution in [0.1, 0.15) is 10.4 Å². The molecule has 1 aromatic carbocycles. The predicted molar refractivity (Wildman–Crippen MR) is 102 cm³/mol. The lowest BCUT2D eigenvalue weighted by Crippen LogP contribution is -2.32. The minimum atomic E-state index is -0.279. The number of ether oxygens (including phenoxy) is 1. The van der Waals surface area contributed by atoms with Crippen LogP contribution in [0.5, 0.6) is 5.88 Å². The van der Waals surface area contributed by atoms with Crippen molar-refractivity contribution in [2.45, 2.75) is 0 Å². The molecule has 1 aliphatic heterocycles. The summed E-state index contributed by atoms with van der Waals surface area (Å²) in [7, 11) is 0. The fourth-order valence-corrected chi connectivity index (χ4v) is 3.32. The number of nitrogens with two attached hydrogens (primary N) is 1. The first-order valence-electron chi connectivity index (χ1n) is 8.65. The first-order chi connectivity index (χ1) is 13.7. The maximum Gasteiger partial charge on any atom is 0.267 e. The second-order valence-corrected chi connectivity index (χ2v) is 6.24. The van der Waals surface area contributed by atoms with Gasteiger partial charge in [-0.25, -0.2) is 15.0 Å². The molecule has 0 unspecified atom stereocenters. The molecule has 9 heteroatoms. The molecule has 5 rings (SSSR count). The van der Waals surface area contributed by atoms with Crippen LogP contribution in [0, 0.1) is 0 Å². The van der Waals surface area contributed by atoms with E-state index in [4.69, 9.17) is 10.5 Å². The molecule has 2 N–H and O–H groups in total. The lowest BCUT2D eigenvalue weighted by Gasteiger charge is -2.20. The van der Waals surface area contributed by atoms with Gasteiger partial charge in [0.15, 0.2) is 5.82 Å². The fraction of sp³-hybridized carbons (Fsp3) is 0.105. The van der Waals surface area contributed by atoms with Gasteiger partial charge >= 0.3 is 0 Å². The maximum absolute atomic E-state index is 13.1. The van der Waals surface area contributed by atoms with E-state index >= 15 is 0 Å². The highest BCUT2D eigenvalue weighted by atomic mass is 16.5. The summed E-state index contributed by atoms with van der Waals surface area (Å²) < 4.78 is 7.53. The van der Waals surface area contributed by atoms with Crippen LogP contribution >= 0.6 is 0 Å². The molecule has 0 saturated heterocycles. The number of hydrogen-bond donors (Lipinski definition) is 1. The highest BCUT2D eigenvalue weighted by Gasteiger charge is 2.28. The van der Waals surface area contributed by atoms with Crippen LogP contribution in [0.4, 0.5) is 11.5 Å². The summed E-state index contributed by atoms with van der Waals surface area (Å²) in [5.74, 6) is 0.772. The highest BCUT2D eigenvalue weighted by molar-refractivity contribution is 6.11.